The van der Waals surface area contributed by atoms with Gasteiger partial charge in [-0.15, -0.1) is 0 Å². The molecule has 0 radical (unpaired) electrons. The van der Waals surface area contributed by atoms with Crippen LogP contribution in [0.5, 0.6) is 0 Å². The van der Waals surface area contributed by atoms with Gasteiger partial charge in [0, 0.05) is 12.0 Å². The van der Waals surface area contributed by atoms with Gasteiger partial charge < -0.3 is 0 Å². The van der Waals surface area contributed by atoms with Gasteiger partial charge in [-0.1, -0.05) is 20.8 Å². The van der Waals surface area contributed by atoms with E-state index in [0.717, 1.165) is 12.8 Å². The van der Waals surface area contributed by atoms with E-state index in [4.69, 9.17) is 0 Å². The van der Waals surface area contributed by atoms with Gasteiger partial charge in [0.15, 0.2) is 0 Å². The summed E-state index contributed by atoms with van der Waals surface area (Å²) in [5.41, 5.74) is 6.36. The first-order chi connectivity index (χ1) is 6.41. The molecule has 14 heavy (non-hydrogen) atoms. The van der Waals surface area contributed by atoms with E-state index in [-0.39, 0.29) is 11.4 Å². The molecular formula is C11H20N2O. The molecule has 2 N–H and O–H groups in total. The van der Waals surface area contributed by atoms with Gasteiger partial charge in [-0.2, -0.15) is 0 Å². The number of rotatable bonds is 0. The monoisotopic (exact) mass is 196 g/mol. The van der Waals surface area contributed by atoms with Crippen LogP contribution >= 0.6 is 0 Å². The number of hydrogen-bond acceptors (Lipinski definition) is 2. The van der Waals surface area contributed by atoms with Crippen molar-refractivity contribution in [1.82, 2.24) is 10.9 Å². The second-order valence-corrected chi connectivity index (χ2v) is 5.98. The third-order valence-corrected chi connectivity index (χ3v) is 3.42. The molecule has 3 nitrogen and oxygen atoms in total. The Morgan fingerprint density at radius 1 is 1.36 bits per heavy atom. The van der Waals surface area contributed by atoms with Gasteiger partial charge in [-0.05, 0) is 30.6 Å². The number of carbonyl (C=O) groups excluding carboxylic acids is 1. The van der Waals surface area contributed by atoms with Crippen LogP contribution in [0, 0.1) is 11.3 Å². The summed E-state index contributed by atoms with van der Waals surface area (Å²) in [6.07, 6.45) is 4.14. The van der Waals surface area contributed by atoms with Gasteiger partial charge in [0.05, 0.1) is 0 Å². The predicted molar refractivity (Wildman–Crippen MR) is 55.4 cm³/mol. The summed E-state index contributed by atoms with van der Waals surface area (Å²) in [5, 5.41) is 0. The maximum absolute atomic E-state index is 11.3. The lowest BCUT2D eigenvalue weighted by Gasteiger charge is -2.44. The largest absolute Gasteiger partial charge is 0.291 e. The number of hydrogen-bond donors (Lipinski definition) is 2. The van der Waals surface area contributed by atoms with Gasteiger partial charge in [0.25, 0.3) is 0 Å². The molecule has 1 saturated carbocycles. The second-order valence-electron chi connectivity index (χ2n) is 5.98. The first-order valence-corrected chi connectivity index (χ1v) is 5.47. The Balaban J connectivity index is 2.16. The molecule has 1 heterocycles. The predicted octanol–water partition coefficient (Wildman–Crippen LogP) is 1.60. The van der Waals surface area contributed by atoms with Crippen molar-refractivity contribution in [3.05, 3.63) is 0 Å². The quantitative estimate of drug-likeness (QED) is 0.618. The molecule has 1 saturated heterocycles. The standard InChI is InChI=1S/C11H20N2O/c1-8-4-10(2,3)7-11(5-8)6-9(14)12-13-11/h8,13H,4-7H2,1-3H3,(H,12,14). The third kappa shape index (κ3) is 1.78. The summed E-state index contributed by atoms with van der Waals surface area (Å²) in [6, 6.07) is 0. The van der Waals surface area contributed by atoms with E-state index in [1.54, 1.807) is 0 Å². The fourth-order valence-electron chi connectivity index (χ4n) is 3.57. The minimum Gasteiger partial charge on any atom is -0.291 e. The van der Waals surface area contributed by atoms with Crippen molar-refractivity contribution in [2.45, 2.75) is 52.0 Å². The van der Waals surface area contributed by atoms with Gasteiger partial charge >= 0.3 is 0 Å². The van der Waals surface area contributed by atoms with Crippen molar-refractivity contribution >= 4 is 5.91 Å². The van der Waals surface area contributed by atoms with Crippen molar-refractivity contribution in [2.24, 2.45) is 11.3 Å². The Morgan fingerprint density at radius 2 is 2.07 bits per heavy atom. The SMILES string of the molecule is CC1CC(C)(C)CC2(CC(=O)NN2)C1. The lowest BCUT2D eigenvalue weighted by Crippen LogP contribution is -2.51. The first-order valence-electron chi connectivity index (χ1n) is 5.47. The fraction of sp³-hybridized carbons (Fsp3) is 0.909. The van der Waals surface area contributed by atoms with Crippen LogP contribution in [0.1, 0.15) is 46.5 Å². The average molecular weight is 196 g/mol. The molecular weight excluding hydrogens is 176 g/mol. The molecule has 80 valence electrons. The zero-order valence-electron chi connectivity index (χ0n) is 9.31. The molecule has 0 aromatic heterocycles. The van der Waals surface area contributed by atoms with Crippen LogP contribution < -0.4 is 10.9 Å². The molecule has 3 heteroatoms. The van der Waals surface area contributed by atoms with E-state index in [9.17, 15) is 4.79 Å². The van der Waals surface area contributed by atoms with E-state index in [1.807, 2.05) is 0 Å². The summed E-state index contributed by atoms with van der Waals surface area (Å²) >= 11 is 0. The highest BCUT2D eigenvalue weighted by atomic mass is 16.2. The third-order valence-electron chi connectivity index (χ3n) is 3.42. The van der Waals surface area contributed by atoms with E-state index in [0.29, 0.717) is 17.8 Å². The topological polar surface area (TPSA) is 41.1 Å². The maximum atomic E-state index is 11.3. The van der Waals surface area contributed by atoms with Gasteiger partial charge in [0.2, 0.25) is 5.91 Å². The number of amides is 1. The summed E-state index contributed by atoms with van der Waals surface area (Å²) < 4.78 is 0. The average Bonchev–Trinajstić information content (AvgIpc) is 2.26. The van der Waals surface area contributed by atoms with E-state index < -0.39 is 0 Å². The molecule has 0 aromatic rings. The van der Waals surface area contributed by atoms with Crippen LogP contribution in [-0.4, -0.2) is 11.4 Å². The van der Waals surface area contributed by atoms with Crippen molar-refractivity contribution in [2.75, 3.05) is 0 Å². The second kappa shape index (κ2) is 2.96. The number of hydrazine groups is 1. The van der Waals surface area contributed by atoms with Gasteiger partial charge in [-0.3, -0.25) is 10.2 Å². The van der Waals surface area contributed by atoms with Crippen LogP contribution in [-0.2, 0) is 4.79 Å². The normalized spacial score (nSPS) is 41.4. The van der Waals surface area contributed by atoms with Gasteiger partial charge in [0.1, 0.15) is 0 Å². The zero-order chi connectivity index (χ0) is 10.4. The lowest BCUT2D eigenvalue weighted by molar-refractivity contribution is -0.119. The Hall–Kier alpha value is -0.570. The highest BCUT2D eigenvalue weighted by Crippen LogP contribution is 2.45. The minimum absolute atomic E-state index is 0.0399. The van der Waals surface area contributed by atoms with Crippen LogP contribution in [0.15, 0.2) is 0 Å². The van der Waals surface area contributed by atoms with Crippen LogP contribution in [0.2, 0.25) is 0 Å². The van der Waals surface area contributed by atoms with Crippen LogP contribution in [0.4, 0.5) is 0 Å². The zero-order valence-corrected chi connectivity index (χ0v) is 9.31. The molecule has 2 atom stereocenters. The number of nitrogens with one attached hydrogen (secondary N) is 2. The Labute approximate surface area is 85.6 Å². The molecule has 2 rings (SSSR count). The van der Waals surface area contributed by atoms with Gasteiger partial charge in [-0.25, -0.2) is 5.43 Å². The number of carbonyl (C=O) groups is 1. The van der Waals surface area contributed by atoms with E-state index in [1.165, 1.54) is 6.42 Å². The fourth-order valence-corrected chi connectivity index (χ4v) is 3.57. The molecule has 2 fully saturated rings. The lowest BCUT2D eigenvalue weighted by atomic mass is 9.64. The molecule has 0 aromatic carbocycles. The maximum Gasteiger partial charge on any atom is 0.236 e. The smallest absolute Gasteiger partial charge is 0.236 e. The summed E-state index contributed by atoms with van der Waals surface area (Å²) in [5.74, 6) is 0.855. The van der Waals surface area contributed by atoms with Crippen LogP contribution in [0.3, 0.4) is 0 Å². The van der Waals surface area contributed by atoms with Crippen molar-refractivity contribution in [3.63, 3.8) is 0 Å². The van der Waals surface area contributed by atoms with Crippen molar-refractivity contribution in [3.8, 4) is 0 Å². The minimum atomic E-state index is 0.0399. The Kier molecular flexibility index (Phi) is 2.11. The molecule has 2 unspecified atom stereocenters. The van der Waals surface area contributed by atoms with Crippen LogP contribution in [0.25, 0.3) is 0 Å². The van der Waals surface area contributed by atoms with E-state index in [2.05, 4.69) is 31.6 Å². The molecule has 1 aliphatic heterocycles. The molecule has 2 aliphatic rings. The molecule has 0 bridgehead atoms. The summed E-state index contributed by atoms with van der Waals surface area (Å²) in [7, 11) is 0. The Morgan fingerprint density at radius 3 is 2.57 bits per heavy atom. The highest BCUT2D eigenvalue weighted by Gasteiger charge is 2.46. The highest BCUT2D eigenvalue weighted by molar-refractivity contribution is 5.79. The Bertz CT molecular complexity index is 262. The van der Waals surface area contributed by atoms with Crippen molar-refractivity contribution < 1.29 is 4.79 Å². The molecule has 1 aliphatic carbocycles. The molecule has 1 amide bonds. The van der Waals surface area contributed by atoms with E-state index >= 15 is 0 Å². The van der Waals surface area contributed by atoms with Crippen molar-refractivity contribution in [1.29, 1.82) is 0 Å². The summed E-state index contributed by atoms with van der Waals surface area (Å²) in [4.78, 5) is 11.3. The molecule has 1 spiro atoms. The summed E-state index contributed by atoms with van der Waals surface area (Å²) in [6.45, 7) is 6.89. The first kappa shape index (κ1) is 9.97.